The first-order chi connectivity index (χ1) is 7.49. The van der Waals surface area contributed by atoms with Crippen LogP contribution in [0.4, 0.5) is 0 Å². The van der Waals surface area contributed by atoms with E-state index in [1.807, 2.05) is 20.2 Å². The Balaban J connectivity index is 2.54. The Hall–Kier alpha value is -0.870. The van der Waals surface area contributed by atoms with E-state index in [0.29, 0.717) is 6.42 Å². The summed E-state index contributed by atoms with van der Waals surface area (Å²) in [4.78, 5) is 11.5. The fourth-order valence-electron chi connectivity index (χ4n) is 1.46. The fraction of sp³-hybridized carbons (Fsp3) is 0.417. The van der Waals surface area contributed by atoms with Crippen LogP contribution in [0.25, 0.3) is 0 Å². The molecule has 0 aliphatic carbocycles. The van der Waals surface area contributed by atoms with Crippen molar-refractivity contribution in [1.82, 2.24) is 10.4 Å². The Kier molecular flexibility index (Phi) is 4.96. The molecule has 4 heteroatoms. The van der Waals surface area contributed by atoms with Crippen LogP contribution in [0.5, 0.6) is 0 Å². The number of halogens is 1. The minimum atomic E-state index is 0.0457. The molecule has 0 atom stereocenters. The second-order valence-electron chi connectivity index (χ2n) is 4.00. The molecule has 88 valence electrons. The number of hydrogen-bond donors (Lipinski definition) is 1. The summed E-state index contributed by atoms with van der Waals surface area (Å²) in [6.07, 6.45) is 1.28. The van der Waals surface area contributed by atoms with E-state index in [4.69, 9.17) is 0 Å². The van der Waals surface area contributed by atoms with Crippen molar-refractivity contribution in [2.24, 2.45) is 0 Å². The van der Waals surface area contributed by atoms with Gasteiger partial charge in [0.15, 0.2) is 0 Å². The molecule has 0 saturated heterocycles. The summed E-state index contributed by atoms with van der Waals surface area (Å²) in [5, 5.41) is 1.66. The van der Waals surface area contributed by atoms with Gasteiger partial charge in [-0.05, 0) is 36.6 Å². The van der Waals surface area contributed by atoms with Gasteiger partial charge < -0.3 is 0 Å². The third-order valence-corrected chi connectivity index (χ3v) is 2.77. The zero-order chi connectivity index (χ0) is 12.1. The summed E-state index contributed by atoms with van der Waals surface area (Å²) in [5.41, 5.74) is 5.16. The minimum Gasteiger partial charge on any atom is -0.289 e. The SMILES string of the molecule is Cc1ccc(Br)cc1CCC(=O)NN(C)C. The number of amides is 1. The zero-order valence-electron chi connectivity index (χ0n) is 9.88. The molecular formula is C12H17BrN2O. The average molecular weight is 285 g/mol. The Bertz CT molecular complexity index is 377. The first kappa shape index (κ1) is 13.2. The highest BCUT2D eigenvalue weighted by Gasteiger charge is 2.05. The number of carbonyl (C=O) groups is 1. The van der Waals surface area contributed by atoms with Gasteiger partial charge in [-0.1, -0.05) is 22.0 Å². The van der Waals surface area contributed by atoms with E-state index >= 15 is 0 Å². The largest absolute Gasteiger partial charge is 0.289 e. The molecule has 1 aromatic carbocycles. The molecule has 0 aliphatic heterocycles. The third-order valence-electron chi connectivity index (χ3n) is 2.28. The van der Waals surface area contributed by atoms with E-state index in [1.54, 1.807) is 5.01 Å². The van der Waals surface area contributed by atoms with Crippen molar-refractivity contribution in [3.05, 3.63) is 33.8 Å². The maximum Gasteiger partial charge on any atom is 0.234 e. The van der Waals surface area contributed by atoms with E-state index in [2.05, 4.69) is 40.4 Å². The fourth-order valence-corrected chi connectivity index (χ4v) is 1.87. The monoisotopic (exact) mass is 284 g/mol. The van der Waals surface area contributed by atoms with E-state index in [-0.39, 0.29) is 5.91 Å². The van der Waals surface area contributed by atoms with Gasteiger partial charge in [0, 0.05) is 25.0 Å². The lowest BCUT2D eigenvalue weighted by atomic mass is 10.0. The topological polar surface area (TPSA) is 32.3 Å². The number of rotatable bonds is 4. The maximum absolute atomic E-state index is 11.5. The van der Waals surface area contributed by atoms with Crippen molar-refractivity contribution in [2.75, 3.05) is 14.1 Å². The van der Waals surface area contributed by atoms with Gasteiger partial charge in [0.1, 0.15) is 0 Å². The molecule has 0 unspecified atom stereocenters. The van der Waals surface area contributed by atoms with Crippen molar-refractivity contribution in [2.45, 2.75) is 19.8 Å². The van der Waals surface area contributed by atoms with Crippen LogP contribution in [0.1, 0.15) is 17.5 Å². The van der Waals surface area contributed by atoms with Gasteiger partial charge in [-0.25, -0.2) is 5.01 Å². The number of nitrogens with one attached hydrogen (secondary N) is 1. The summed E-state index contributed by atoms with van der Waals surface area (Å²) < 4.78 is 1.06. The summed E-state index contributed by atoms with van der Waals surface area (Å²) in [6, 6.07) is 6.14. The van der Waals surface area contributed by atoms with Crippen molar-refractivity contribution in [3.63, 3.8) is 0 Å². The van der Waals surface area contributed by atoms with Crippen LogP contribution in [0.15, 0.2) is 22.7 Å². The highest BCUT2D eigenvalue weighted by atomic mass is 79.9. The van der Waals surface area contributed by atoms with Gasteiger partial charge in [-0.3, -0.25) is 10.2 Å². The normalized spacial score (nSPS) is 10.6. The number of aryl methyl sites for hydroxylation is 2. The molecule has 0 fully saturated rings. The van der Waals surface area contributed by atoms with Crippen LogP contribution >= 0.6 is 15.9 Å². The molecule has 0 bridgehead atoms. The van der Waals surface area contributed by atoms with Crippen LogP contribution in [-0.2, 0) is 11.2 Å². The van der Waals surface area contributed by atoms with Crippen LogP contribution < -0.4 is 5.43 Å². The van der Waals surface area contributed by atoms with Crippen LogP contribution in [-0.4, -0.2) is 25.0 Å². The van der Waals surface area contributed by atoms with Gasteiger partial charge in [-0.2, -0.15) is 0 Å². The van der Waals surface area contributed by atoms with Crippen molar-refractivity contribution >= 4 is 21.8 Å². The standard InChI is InChI=1S/C12H17BrN2O/c1-9-4-6-11(13)8-10(9)5-7-12(16)14-15(2)3/h4,6,8H,5,7H2,1-3H3,(H,14,16). The summed E-state index contributed by atoms with van der Waals surface area (Å²) >= 11 is 3.43. The summed E-state index contributed by atoms with van der Waals surface area (Å²) in [7, 11) is 3.62. The molecule has 1 aromatic rings. The first-order valence-corrected chi connectivity index (χ1v) is 6.00. The van der Waals surface area contributed by atoms with Gasteiger partial charge in [0.05, 0.1) is 0 Å². The first-order valence-electron chi connectivity index (χ1n) is 5.21. The van der Waals surface area contributed by atoms with E-state index < -0.39 is 0 Å². The highest BCUT2D eigenvalue weighted by Crippen LogP contribution is 2.17. The van der Waals surface area contributed by atoms with Crippen molar-refractivity contribution in [1.29, 1.82) is 0 Å². The van der Waals surface area contributed by atoms with Crippen LogP contribution in [0.3, 0.4) is 0 Å². The van der Waals surface area contributed by atoms with Crippen molar-refractivity contribution in [3.8, 4) is 0 Å². The van der Waals surface area contributed by atoms with Gasteiger partial charge in [0.25, 0.3) is 0 Å². The molecule has 0 aromatic heterocycles. The van der Waals surface area contributed by atoms with Gasteiger partial charge in [-0.15, -0.1) is 0 Å². The Labute approximate surface area is 105 Å². The molecule has 16 heavy (non-hydrogen) atoms. The quantitative estimate of drug-likeness (QED) is 0.861. The summed E-state index contributed by atoms with van der Waals surface area (Å²) in [6.45, 7) is 2.06. The van der Waals surface area contributed by atoms with E-state index in [9.17, 15) is 4.79 Å². The van der Waals surface area contributed by atoms with Gasteiger partial charge in [0.2, 0.25) is 5.91 Å². The lowest BCUT2D eigenvalue weighted by Gasteiger charge is -2.12. The van der Waals surface area contributed by atoms with Crippen LogP contribution in [0.2, 0.25) is 0 Å². The third kappa shape index (κ3) is 4.33. The molecule has 1 amide bonds. The predicted octanol–water partition coefficient (Wildman–Crippen LogP) is 2.28. The molecule has 1 rings (SSSR count). The highest BCUT2D eigenvalue weighted by molar-refractivity contribution is 9.10. The zero-order valence-corrected chi connectivity index (χ0v) is 11.5. The maximum atomic E-state index is 11.5. The Morgan fingerprint density at radius 3 is 2.75 bits per heavy atom. The Morgan fingerprint density at radius 2 is 2.12 bits per heavy atom. The molecule has 3 nitrogen and oxygen atoms in total. The smallest absolute Gasteiger partial charge is 0.234 e. The second kappa shape index (κ2) is 6.01. The van der Waals surface area contributed by atoms with Crippen molar-refractivity contribution < 1.29 is 4.79 Å². The Morgan fingerprint density at radius 1 is 1.44 bits per heavy atom. The van der Waals surface area contributed by atoms with Crippen LogP contribution in [0, 0.1) is 6.92 Å². The molecule has 0 radical (unpaired) electrons. The van der Waals surface area contributed by atoms with E-state index in [1.165, 1.54) is 11.1 Å². The molecule has 0 heterocycles. The number of benzene rings is 1. The number of carbonyl (C=O) groups excluding carboxylic acids is 1. The predicted molar refractivity (Wildman–Crippen MR) is 69.0 cm³/mol. The lowest BCUT2D eigenvalue weighted by molar-refractivity contribution is -0.124. The average Bonchev–Trinajstić information content (AvgIpc) is 2.18. The molecular weight excluding hydrogens is 268 g/mol. The number of hydrazine groups is 1. The molecule has 0 spiro atoms. The molecule has 0 saturated carbocycles. The minimum absolute atomic E-state index is 0.0457. The lowest BCUT2D eigenvalue weighted by Crippen LogP contribution is -2.36. The molecule has 1 N–H and O–H groups in total. The van der Waals surface area contributed by atoms with E-state index in [0.717, 1.165) is 10.9 Å². The van der Waals surface area contributed by atoms with Gasteiger partial charge >= 0.3 is 0 Å². The summed E-state index contributed by atoms with van der Waals surface area (Å²) in [5.74, 6) is 0.0457. The number of nitrogens with zero attached hydrogens (tertiary/aromatic N) is 1. The number of hydrogen-bond acceptors (Lipinski definition) is 2. The molecule has 0 aliphatic rings. The second-order valence-corrected chi connectivity index (χ2v) is 4.92.